The van der Waals surface area contributed by atoms with Gasteiger partial charge in [-0.05, 0) is 67.4 Å². The van der Waals surface area contributed by atoms with Gasteiger partial charge in [0.2, 0.25) is 5.91 Å². The Morgan fingerprint density at radius 2 is 1.69 bits per heavy atom. The number of nitrogens with zero attached hydrogens (tertiary/aromatic N) is 2. The molecule has 1 fully saturated rings. The van der Waals surface area contributed by atoms with Gasteiger partial charge in [-0.2, -0.15) is 0 Å². The van der Waals surface area contributed by atoms with Crippen LogP contribution in [0.2, 0.25) is 5.02 Å². The number of amides is 3. The molecule has 1 saturated heterocycles. The number of nitrogens with two attached hydrogens (primary N) is 1. The summed E-state index contributed by atoms with van der Waals surface area (Å²) in [5.74, 6) is 0.0118. The molecule has 10 heteroatoms. The highest BCUT2D eigenvalue weighted by atomic mass is 35.5. The summed E-state index contributed by atoms with van der Waals surface area (Å²) in [5.41, 5.74) is 6.86. The highest BCUT2D eigenvalue weighted by Gasteiger charge is 2.22. The fourth-order valence-electron chi connectivity index (χ4n) is 4.07. The van der Waals surface area contributed by atoms with E-state index in [1.807, 2.05) is 4.90 Å². The summed E-state index contributed by atoms with van der Waals surface area (Å²) in [6.07, 6.45) is 8.22. The zero-order valence-electron chi connectivity index (χ0n) is 20.8. The van der Waals surface area contributed by atoms with Gasteiger partial charge < -0.3 is 21.3 Å². The van der Waals surface area contributed by atoms with Gasteiger partial charge in [-0.25, -0.2) is 9.38 Å². The Morgan fingerprint density at radius 1 is 1.00 bits per heavy atom. The second-order valence-corrected chi connectivity index (χ2v) is 9.38. The fourth-order valence-corrected chi connectivity index (χ4v) is 4.24. The SMILES string of the molecule is C#Cc1ccc(NC(=O)c2cc(Cl)ccc2NC(=O)c2ccc(N=CN3CCC(C(N)=O)CC3)cc2F)cc1. The minimum Gasteiger partial charge on any atom is -0.369 e. The third kappa shape index (κ3) is 7.00. The summed E-state index contributed by atoms with van der Waals surface area (Å²) >= 11 is 6.09. The number of hydrogen-bond donors (Lipinski definition) is 3. The van der Waals surface area contributed by atoms with Crippen LogP contribution in [0.3, 0.4) is 0 Å². The van der Waals surface area contributed by atoms with Crippen molar-refractivity contribution in [2.75, 3.05) is 23.7 Å². The molecule has 1 aliphatic heterocycles. The standard InChI is InChI=1S/C29H25ClFN5O3/c1-2-18-3-6-21(7-4-18)34-29(39)24-15-20(30)5-10-26(24)35-28(38)23-9-8-22(16-25(23)31)33-17-36-13-11-19(12-14-36)27(32)37/h1,3-10,15-17,19H,11-14H2,(H2,32,37)(H,34,39)(H,35,38). The number of anilines is 2. The van der Waals surface area contributed by atoms with E-state index in [2.05, 4.69) is 21.5 Å². The lowest BCUT2D eigenvalue weighted by Gasteiger charge is -2.28. The predicted molar refractivity (Wildman–Crippen MR) is 150 cm³/mol. The van der Waals surface area contributed by atoms with Crippen LogP contribution in [0.1, 0.15) is 39.1 Å². The molecule has 0 aromatic heterocycles. The van der Waals surface area contributed by atoms with E-state index in [4.69, 9.17) is 23.8 Å². The van der Waals surface area contributed by atoms with Crippen LogP contribution in [0.5, 0.6) is 0 Å². The molecule has 39 heavy (non-hydrogen) atoms. The second-order valence-electron chi connectivity index (χ2n) is 8.94. The maximum atomic E-state index is 14.9. The van der Waals surface area contributed by atoms with E-state index in [1.54, 1.807) is 30.6 Å². The van der Waals surface area contributed by atoms with Crippen molar-refractivity contribution in [3.63, 3.8) is 0 Å². The summed E-state index contributed by atoms with van der Waals surface area (Å²) in [5, 5.41) is 5.60. The molecule has 3 aromatic rings. The van der Waals surface area contributed by atoms with Crippen molar-refractivity contribution in [3.8, 4) is 12.3 Å². The fraction of sp³-hybridized carbons (Fsp3) is 0.172. The smallest absolute Gasteiger partial charge is 0.258 e. The first-order chi connectivity index (χ1) is 18.7. The summed E-state index contributed by atoms with van der Waals surface area (Å²) in [6, 6.07) is 15.0. The molecule has 3 aromatic carbocycles. The van der Waals surface area contributed by atoms with Gasteiger partial charge in [-0.3, -0.25) is 14.4 Å². The average molecular weight is 546 g/mol. The topological polar surface area (TPSA) is 117 Å². The van der Waals surface area contributed by atoms with Gasteiger partial charge >= 0.3 is 0 Å². The zero-order chi connectivity index (χ0) is 27.9. The van der Waals surface area contributed by atoms with Crippen LogP contribution < -0.4 is 16.4 Å². The molecule has 4 rings (SSSR count). The van der Waals surface area contributed by atoms with Crippen LogP contribution in [0.15, 0.2) is 65.7 Å². The van der Waals surface area contributed by atoms with E-state index in [9.17, 15) is 18.8 Å². The van der Waals surface area contributed by atoms with E-state index in [1.165, 1.54) is 30.3 Å². The largest absolute Gasteiger partial charge is 0.369 e. The van der Waals surface area contributed by atoms with Gasteiger partial charge in [0, 0.05) is 41.3 Å². The Morgan fingerprint density at radius 3 is 2.33 bits per heavy atom. The molecule has 8 nitrogen and oxygen atoms in total. The van der Waals surface area contributed by atoms with Crippen molar-refractivity contribution >= 4 is 52.7 Å². The van der Waals surface area contributed by atoms with Crippen molar-refractivity contribution in [2.24, 2.45) is 16.6 Å². The highest BCUT2D eigenvalue weighted by molar-refractivity contribution is 6.31. The Bertz CT molecular complexity index is 1480. The van der Waals surface area contributed by atoms with Crippen LogP contribution in [-0.4, -0.2) is 42.0 Å². The number of piperidine rings is 1. The maximum absolute atomic E-state index is 14.9. The molecule has 198 valence electrons. The van der Waals surface area contributed by atoms with E-state index >= 15 is 0 Å². The minimum atomic E-state index is -0.775. The number of likely N-dealkylation sites (tertiary alicyclic amines) is 1. The normalized spacial score (nSPS) is 13.6. The highest BCUT2D eigenvalue weighted by Crippen LogP contribution is 2.25. The summed E-state index contributed by atoms with van der Waals surface area (Å²) < 4.78 is 14.9. The van der Waals surface area contributed by atoms with Crippen LogP contribution in [0.4, 0.5) is 21.5 Å². The lowest BCUT2D eigenvalue weighted by Crippen LogP contribution is -2.37. The number of nitrogens with one attached hydrogen (secondary N) is 2. The lowest BCUT2D eigenvalue weighted by molar-refractivity contribution is -0.122. The maximum Gasteiger partial charge on any atom is 0.258 e. The number of carbonyl (C=O) groups is 3. The van der Waals surface area contributed by atoms with Crippen molar-refractivity contribution in [1.82, 2.24) is 4.90 Å². The Hall–Kier alpha value is -4.68. The number of hydrogen-bond acceptors (Lipinski definition) is 4. The molecule has 0 unspecified atom stereocenters. The molecule has 4 N–H and O–H groups in total. The number of terminal acetylenes is 1. The molecule has 3 amide bonds. The molecular weight excluding hydrogens is 521 g/mol. The third-order valence-electron chi connectivity index (χ3n) is 6.28. The molecule has 1 aliphatic rings. The summed E-state index contributed by atoms with van der Waals surface area (Å²) in [7, 11) is 0. The Labute approximate surface area is 230 Å². The van der Waals surface area contributed by atoms with Gasteiger partial charge in [0.15, 0.2) is 0 Å². The van der Waals surface area contributed by atoms with Gasteiger partial charge in [-0.15, -0.1) is 6.42 Å². The molecule has 0 bridgehead atoms. The van der Waals surface area contributed by atoms with E-state index in [0.29, 0.717) is 42.9 Å². The first-order valence-corrected chi connectivity index (χ1v) is 12.5. The first kappa shape index (κ1) is 27.4. The van der Waals surface area contributed by atoms with Crippen molar-refractivity contribution in [1.29, 1.82) is 0 Å². The number of halogens is 2. The minimum absolute atomic E-state index is 0.0959. The van der Waals surface area contributed by atoms with Gasteiger partial charge in [0.05, 0.1) is 28.8 Å². The third-order valence-corrected chi connectivity index (χ3v) is 6.52. The predicted octanol–water partition coefficient (Wildman–Crippen LogP) is 4.82. The molecule has 0 spiro atoms. The van der Waals surface area contributed by atoms with E-state index in [0.717, 1.165) is 6.07 Å². The van der Waals surface area contributed by atoms with Crippen LogP contribution in [0, 0.1) is 24.1 Å². The zero-order valence-corrected chi connectivity index (χ0v) is 21.5. The molecule has 1 heterocycles. The molecular formula is C29H25ClFN5O3. The number of rotatable bonds is 7. The van der Waals surface area contributed by atoms with Crippen LogP contribution >= 0.6 is 11.6 Å². The van der Waals surface area contributed by atoms with Gasteiger partial charge in [-0.1, -0.05) is 17.5 Å². The van der Waals surface area contributed by atoms with Crippen molar-refractivity contribution in [3.05, 3.63) is 88.2 Å². The second kappa shape index (κ2) is 12.2. The van der Waals surface area contributed by atoms with Crippen LogP contribution in [0.25, 0.3) is 0 Å². The number of aliphatic imine (C=N–C) groups is 1. The average Bonchev–Trinajstić information content (AvgIpc) is 2.93. The molecule has 0 aliphatic carbocycles. The van der Waals surface area contributed by atoms with Crippen molar-refractivity contribution in [2.45, 2.75) is 12.8 Å². The monoisotopic (exact) mass is 545 g/mol. The van der Waals surface area contributed by atoms with E-state index in [-0.39, 0.29) is 33.7 Å². The Balaban J connectivity index is 1.44. The lowest BCUT2D eigenvalue weighted by atomic mass is 9.97. The molecule has 0 saturated carbocycles. The number of primary amides is 1. The van der Waals surface area contributed by atoms with Gasteiger partial charge in [0.25, 0.3) is 11.8 Å². The molecule has 0 atom stereocenters. The number of benzene rings is 3. The molecule has 0 radical (unpaired) electrons. The summed E-state index contributed by atoms with van der Waals surface area (Å²) in [4.78, 5) is 43.4. The van der Waals surface area contributed by atoms with Crippen molar-refractivity contribution < 1.29 is 18.8 Å². The summed E-state index contributed by atoms with van der Waals surface area (Å²) in [6.45, 7) is 1.24. The quantitative estimate of drug-likeness (QED) is 0.224. The van der Waals surface area contributed by atoms with Crippen LogP contribution in [-0.2, 0) is 4.79 Å². The number of carbonyl (C=O) groups excluding carboxylic acids is 3. The van der Waals surface area contributed by atoms with Gasteiger partial charge in [0.1, 0.15) is 5.82 Å². The van der Waals surface area contributed by atoms with E-state index < -0.39 is 17.6 Å². The Kier molecular flexibility index (Phi) is 8.59. The first-order valence-electron chi connectivity index (χ1n) is 12.1.